The molecular weight excluding hydrogens is 272 g/mol. The lowest BCUT2D eigenvalue weighted by Crippen LogP contribution is -2.43. The molecule has 0 radical (unpaired) electrons. The van der Waals surface area contributed by atoms with Gasteiger partial charge in [0.15, 0.2) is 0 Å². The lowest BCUT2D eigenvalue weighted by molar-refractivity contribution is -0.107. The molecule has 0 fully saturated rings. The van der Waals surface area contributed by atoms with E-state index in [0.29, 0.717) is 23.0 Å². The molecule has 0 saturated heterocycles. The number of rotatable bonds is 5. The first-order chi connectivity index (χ1) is 9.84. The van der Waals surface area contributed by atoms with Gasteiger partial charge >= 0.3 is 0 Å². The summed E-state index contributed by atoms with van der Waals surface area (Å²) in [7, 11) is -1.68. The zero-order chi connectivity index (χ0) is 16.0. The Balaban J connectivity index is 3.22. The van der Waals surface area contributed by atoms with Crippen LogP contribution in [-0.2, 0) is 11.2 Å². The second-order valence-corrected chi connectivity index (χ2v) is 12.3. The van der Waals surface area contributed by atoms with Crippen molar-refractivity contribution in [1.29, 1.82) is 0 Å². The molecule has 114 valence electrons. The molecule has 0 aliphatic carbocycles. The minimum absolute atomic E-state index is 0.469. The first kappa shape index (κ1) is 17.7. The van der Waals surface area contributed by atoms with Crippen molar-refractivity contribution < 1.29 is 4.79 Å². The second kappa shape index (κ2) is 7.61. The predicted molar refractivity (Wildman–Crippen MR) is 94.1 cm³/mol. The molecule has 1 rings (SSSR count). The van der Waals surface area contributed by atoms with Crippen molar-refractivity contribution in [2.75, 3.05) is 0 Å². The van der Waals surface area contributed by atoms with Crippen LogP contribution in [0.1, 0.15) is 52.7 Å². The van der Waals surface area contributed by atoms with Crippen molar-refractivity contribution in [2.24, 2.45) is 0 Å². The third kappa shape index (κ3) is 4.08. The van der Waals surface area contributed by atoms with Gasteiger partial charge in [0.2, 0.25) is 0 Å². The maximum atomic E-state index is 10.6. The average Bonchev–Trinajstić information content (AvgIpc) is 2.39. The molecule has 0 aromatic heterocycles. The number of benzene rings is 1. The average molecular weight is 301 g/mol. The van der Waals surface area contributed by atoms with E-state index in [-0.39, 0.29) is 0 Å². The van der Waals surface area contributed by atoms with Crippen LogP contribution in [0.3, 0.4) is 0 Å². The van der Waals surface area contributed by atoms with E-state index < -0.39 is 8.07 Å². The van der Waals surface area contributed by atoms with Gasteiger partial charge in [-0.15, -0.1) is 5.54 Å². The van der Waals surface area contributed by atoms with E-state index in [4.69, 9.17) is 0 Å². The summed E-state index contributed by atoms with van der Waals surface area (Å²) in [5, 5.41) is 0. The molecule has 0 bridgehead atoms. The van der Waals surface area contributed by atoms with Crippen LogP contribution in [0, 0.1) is 11.5 Å². The quantitative estimate of drug-likeness (QED) is 0.425. The summed E-state index contributed by atoms with van der Waals surface area (Å²) in [5.41, 5.74) is 7.72. The van der Waals surface area contributed by atoms with Crippen molar-refractivity contribution in [1.82, 2.24) is 0 Å². The minimum atomic E-state index is -1.68. The molecule has 1 aromatic rings. The van der Waals surface area contributed by atoms with E-state index in [1.165, 1.54) is 0 Å². The van der Waals surface area contributed by atoms with Crippen molar-refractivity contribution in [3.8, 4) is 11.5 Å². The Labute approximate surface area is 131 Å². The third-order valence-corrected chi connectivity index (χ3v) is 10.8. The van der Waals surface area contributed by atoms with Gasteiger partial charge in [-0.3, -0.25) is 0 Å². The van der Waals surface area contributed by atoms with Crippen LogP contribution in [0.25, 0.3) is 0 Å². The van der Waals surface area contributed by atoms with Gasteiger partial charge in [-0.2, -0.15) is 0 Å². The Morgan fingerprint density at radius 2 is 1.62 bits per heavy atom. The standard InChI is InChI=1S/C19H28OSi/c1-15(2)21(16(3)4,17(5)6)13-11-19-9-7-8-18(14-19)10-12-20/h7-9,12,14-17H,10H2,1-6H3. The zero-order valence-corrected chi connectivity index (χ0v) is 15.2. The molecule has 0 atom stereocenters. The van der Waals surface area contributed by atoms with Gasteiger partial charge in [0, 0.05) is 12.0 Å². The van der Waals surface area contributed by atoms with Crippen LogP contribution in [0.5, 0.6) is 0 Å². The number of aldehydes is 1. The van der Waals surface area contributed by atoms with E-state index in [1.54, 1.807) is 0 Å². The number of hydrogen-bond donors (Lipinski definition) is 0. The Kier molecular flexibility index (Phi) is 6.42. The van der Waals surface area contributed by atoms with Crippen molar-refractivity contribution in [3.05, 3.63) is 35.4 Å². The largest absolute Gasteiger partial charge is 0.303 e. The van der Waals surface area contributed by atoms with Gasteiger partial charge in [-0.05, 0) is 34.3 Å². The lowest BCUT2D eigenvalue weighted by atomic mass is 10.1. The molecule has 21 heavy (non-hydrogen) atoms. The van der Waals surface area contributed by atoms with E-state index >= 15 is 0 Å². The van der Waals surface area contributed by atoms with E-state index in [2.05, 4.69) is 53.0 Å². The first-order valence-corrected chi connectivity index (χ1v) is 10.1. The maximum Gasteiger partial charge on any atom is 0.146 e. The molecule has 1 aromatic carbocycles. The van der Waals surface area contributed by atoms with E-state index in [1.807, 2.05) is 24.3 Å². The molecular formula is C19H28OSi. The topological polar surface area (TPSA) is 17.1 Å². The highest BCUT2D eigenvalue weighted by molar-refractivity contribution is 6.90. The summed E-state index contributed by atoms with van der Waals surface area (Å²) < 4.78 is 0. The molecule has 0 N–H and O–H groups in total. The first-order valence-electron chi connectivity index (χ1n) is 7.90. The third-order valence-electron chi connectivity index (χ3n) is 4.54. The highest BCUT2D eigenvalue weighted by Crippen LogP contribution is 2.40. The zero-order valence-electron chi connectivity index (χ0n) is 14.2. The summed E-state index contributed by atoms with van der Waals surface area (Å²) in [6.45, 7) is 13.9. The van der Waals surface area contributed by atoms with E-state index in [9.17, 15) is 4.79 Å². The summed E-state index contributed by atoms with van der Waals surface area (Å²) in [6, 6.07) is 8.06. The van der Waals surface area contributed by atoms with Crippen molar-refractivity contribution >= 4 is 14.4 Å². The van der Waals surface area contributed by atoms with Crippen LogP contribution in [-0.4, -0.2) is 14.4 Å². The van der Waals surface area contributed by atoms with Crippen LogP contribution < -0.4 is 0 Å². The Morgan fingerprint density at radius 1 is 1.05 bits per heavy atom. The second-order valence-electron chi connectivity index (χ2n) is 6.72. The molecule has 0 heterocycles. The van der Waals surface area contributed by atoms with Crippen LogP contribution in [0.15, 0.2) is 24.3 Å². The summed E-state index contributed by atoms with van der Waals surface area (Å²) >= 11 is 0. The smallest absolute Gasteiger partial charge is 0.146 e. The summed E-state index contributed by atoms with van der Waals surface area (Å²) in [4.78, 5) is 10.6. The van der Waals surface area contributed by atoms with Crippen LogP contribution in [0.4, 0.5) is 0 Å². The molecule has 0 saturated carbocycles. The monoisotopic (exact) mass is 300 g/mol. The fourth-order valence-electron chi connectivity index (χ4n) is 3.49. The summed E-state index contributed by atoms with van der Waals surface area (Å²) in [5.74, 6) is 3.42. The fraction of sp³-hybridized carbons (Fsp3) is 0.526. The Morgan fingerprint density at radius 3 is 2.10 bits per heavy atom. The molecule has 0 unspecified atom stereocenters. The molecule has 0 spiro atoms. The molecule has 0 aliphatic rings. The lowest BCUT2D eigenvalue weighted by Gasteiger charge is -2.38. The highest BCUT2D eigenvalue weighted by Gasteiger charge is 2.41. The van der Waals surface area contributed by atoms with Gasteiger partial charge in [-0.1, -0.05) is 59.6 Å². The van der Waals surface area contributed by atoms with Gasteiger partial charge in [-0.25, -0.2) is 0 Å². The number of hydrogen-bond acceptors (Lipinski definition) is 1. The van der Waals surface area contributed by atoms with E-state index in [0.717, 1.165) is 17.4 Å². The Bertz CT molecular complexity index is 510. The normalized spacial score (nSPS) is 11.7. The SMILES string of the molecule is CC(C)[Si](C#Cc1cccc(CC=O)c1)(C(C)C)C(C)C. The van der Waals surface area contributed by atoms with Crippen LogP contribution in [0.2, 0.25) is 16.6 Å². The van der Waals surface area contributed by atoms with Gasteiger partial charge in [0.05, 0.1) is 0 Å². The van der Waals surface area contributed by atoms with Gasteiger partial charge in [0.1, 0.15) is 14.4 Å². The number of carbonyl (C=O) groups excluding carboxylic acids is 1. The molecule has 1 nitrogen and oxygen atoms in total. The van der Waals surface area contributed by atoms with Crippen molar-refractivity contribution in [3.63, 3.8) is 0 Å². The minimum Gasteiger partial charge on any atom is -0.303 e. The van der Waals surface area contributed by atoms with Crippen molar-refractivity contribution in [2.45, 2.75) is 64.6 Å². The Hall–Kier alpha value is -1.33. The molecule has 0 amide bonds. The maximum absolute atomic E-state index is 10.6. The number of carbonyl (C=O) groups is 1. The van der Waals surface area contributed by atoms with Crippen LogP contribution >= 0.6 is 0 Å². The predicted octanol–water partition coefficient (Wildman–Crippen LogP) is 5.00. The van der Waals surface area contributed by atoms with Gasteiger partial charge in [0.25, 0.3) is 0 Å². The van der Waals surface area contributed by atoms with Gasteiger partial charge < -0.3 is 4.79 Å². The fourth-order valence-corrected chi connectivity index (χ4v) is 8.71. The highest BCUT2D eigenvalue weighted by atomic mass is 28.3. The molecule has 0 aliphatic heterocycles. The summed E-state index contributed by atoms with van der Waals surface area (Å²) in [6.07, 6.45) is 1.42. The molecule has 2 heteroatoms.